The molecular formula is C20H31NO4. The molecule has 0 fully saturated rings. The average molecular weight is 349 g/mol. The van der Waals surface area contributed by atoms with E-state index in [4.69, 9.17) is 9.47 Å². The fraction of sp³-hybridized carbons (Fsp3) is 0.600. The fourth-order valence-electron chi connectivity index (χ4n) is 2.44. The van der Waals surface area contributed by atoms with Gasteiger partial charge in [-0.2, -0.15) is 0 Å². The van der Waals surface area contributed by atoms with Gasteiger partial charge < -0.3 is 14.4 Å². The van der Waals surface area contributed by atoms with Gasteiger partial charge in [0.1, 0.15) is 5.60 Å². The summed E-state index contributed by atoms with van der Waals surface area (Å²) in [6.45, 7) is 8.57. The molecule has 1 amide bonds. The summed E-state index contributed by atoms with van der Waals surface area (Å²) in [6, 6.07) is 9.87. The van der Waals surface area contributed by atoms with Gasteiger partial charge in [0.15, 0.2) is 0 Å². The average Bonchev–Trinajstić information content (AvgIpc) is 2.55. The summed E-state index contributed by atoms with van der Waals surface area (Å²) in [5.41, 5.74) is 0.544. The Labute approximate surface area is 151 Å². The van der Waals surface area contributed by atoms with E-state index >= 15 is 0 Å². The van der Waals surface area contributed by atoms with Gasteiger partial charge in [-0.05, 0) is 39.2 Å². The number of hydrogen-bond donors (Lipinski definition) is 0. The second kappa shape index (κ2) is 10.1. The molecule has 25 heavy (non-hydrogen) atoms. The van der Waals surface area contributed by atoms with Crippen LogP contribution in [0.4, 0.5) is 4.79 Å². The Bertz CT molecular complexity index is 536. The van der Waals surface area contributed by atoms with Crippen LogP contribution in [0.25, 0.3) is 0 Å². The number of benzene rings is 1. The first-order valence-corrected chi connectivity index (χ1v) is 8.82. The molecular weight excluding hydrogens is 318 g/mol. The maximum atomic E-state index is 12.5. The van der Waals surface area contributed by atoms with Gasteiger partial charge in [-0.1, -0.05) is 43.7 Å². The highest BCUT2D eigenvalue weighted by atomic mass is 16.6. The molecule has 0 N–H and O–H groups in total. The number of esters is 1. The van der Waals surface area contributed by atoms with Crippen LogP contribution in [0, 0.1) is 5.92 Å². The van der Waals surface area contributed by atoms with Crippen LogP contribution in [0.2, 0.25) is 0 Å². The van der Waals surface area contributed by atoms with E-state index in [0.29, 0.717) is 13.1 Å². The number of amides is 1. The van der Waals surface area contributed by atoms with Crippen molar-refractivity contribution < 1.29 is 19.1 Å². The van der Waals surface area contributed by atoms with Crippen molar-refractivity contribution in [1.82, 2.24) is 4.90 Å². The zero-order chi connectivity index (χ0) is 18.9. The van der Waals surface area contributed by atoms with Gasteiger partial charge >= 0.3 is 12.1 Å². The molecule has 5 heteroatoms. The monoisotopic (exact) mass is 349 g/mol. The highest BCUT2D eigenvalue weighted by molar-refractivity contribution is 5.71. The van der Waals surface area contributed by atoms with Gasteiger partial charge in [-0.15, -0.1) is 0 Å². The molecule has 0 aromatic heterocycles. The Hall–Kier alpha value is -2.04. The SMILES string of the molecule is COC(=O)C(C)CCCCN(Cc1ccccc1)C(=O)OC(C)(C)C. The van der Waals surface area contributed by atoms with Crippen molar-refractivity contribution in [3.05, 3.63) is 35.9 Å². The zero-order valence-electron chi connectivity index (χ0n) is 16.1. The van der Waals surface area contributed by atoms with E-state index in [1.54, 1.807) is 4.90 Å². The molecule has 0 saturated carbocycles. The van der Waals surface area contributed by atoms with Crippen LogP contribution in [0.3, 0.4) is 0 Å². The number of carbonyl (C=O) groups is 2. The third kappa shape index (κ3) is 8.57. The number of unbranched alkanes of at least 4 members (excludes halogenated alkanes) is 1. The van der Waals surface area contributed by atoms with E-state index in [9.17, 15) is 9.59 Å². The number of hydrogen-bond acceptors (Lipinski definition) is 4. The second-order valence-electron chi connectivity index (χ2n) is 7.31. The molecule has 0 saturated heterocycles. The molecule has 0 aliphatic heterocycles. The van der Waals surface area contributed by atoms with Gasteiger partial charge in [0.05, 0.1) is 13.0 Å². The lowest BCUT2D eigenvalue weighted by Crippen LogP contribution is -2.37. The molecule has 1 unspecified atom stereocenters. The molecule has 0 spiro atoms. The Balaban J connectivity index is 2.59. The van der Waals surface area contributed by atoms with E-state index in [1.165, 1.54) is 7.11 Å². The first kappa shape index (κ1) is 21.0. The van der Waals surface area contributed by atoms with Crippen LogP contribution in [0.1, 0.15) is 52.5 Å². The highest BCUT2D eigenvalue weighted by Gasteiger charge is 2.22. The second-order valence-corrected chi connectivity index (χ2v) is 7.31. The number of rotatable bonds is 8. The van der Waals surface area contributed by atoms with Gasteiger partial charge in [-0.3, -0.25) is 4.79 Å². The van der Waals surface area contributed by atoms with Gasteiger partial charge in [0.25, 0.3) is 0 Å². The predicted molar refractivity (Wildman–Crippen MR) is 98.1 cm³/mol. The lowest BCUT2D eigenvalue weighted by Gasteiger charge is -2.27. The van der Waals surface area contributed by atoms with Crippen molar-refractivity contribution in [2.24, 2.45) is 5.92 Å². The summed E-state index contributed by atoms with van der Waals surface area (Å²) in [5, 5.41) is 0. The first-order chi connectivity index (χ1) is 11.7. The Morgan fingerprint density at radius 2 is 1.76 bits per heavy atom. The van der Waals surface area contributed by atoms with Crippen LogP contribution < -0.4 is 0 Å². The largest absolute Gasteiger partial charge is 0.469 e. The predicted octanol–water partition coefficient (Wildman–Crippen LogP) is 4.40. The van der Waals surface area contributed by atoms with E-state index in [-0.39, 0.29) is 18.0 Å². The van der Waals surface area contributed by atoms with Crippen LogP contribution >= 0.6 is 0 Å². The molecule has 1 aromatic carbocycles. The maximum Gasteiger partial charge on any atom is 0.410 e. The Morgan fingerprint density at radius 1 is 1.12 bits per heavy atom. The topological polar surface area (TPSA) is 55.8 Å². The highest BCUT2D eigenvalue weighted by Crippen LogP contribution is 2.15. The quantitative estimate of drug-likeness (QED) is 0.515. The fourth-order valence-corrected chi connectivity index (χ4v) is 2.44. The van der Waals surface area contributed by atoms with Gasteiger partial charge in [-0.25, -0.2) is 4.79 Å². The third-order valence-electron chi connectivity index (χ3n) is 3.79. The molecule has 5 nitrogen and oxygen atoms in total. The summed E-state index contributed by atoms with van der Waals surface area (Å²) in [5.74, 6) is -0.303. The summed E-state index contributed by atoms with van der Waals surface area (Å²) >= 11 is 0. The van der Waals surface area contributed by atoms with Gasteiger partial charge in [0, 0.05) is 13.1 Å². The number of carbonyl (C=O) groups excluding carboxylic acids is 2. The lowest BCUT2D eigenvalue weighted by molar-refractivity contribution is -0.145. The van der Waals surface area contributed by atoms with Crippen LogP contribution in [0.15, 0.2) is 30.3 Å². The van der Waals surface area contributed by atoms with Crippen molar-refractivity contribution in [2.45, 2.75) is 59.1 Å². The van der Waals surface area contributed by atoms with Crippen LogP contribution in [-0.4, -0.2) is 36.2 Å². The minimum absolute atomic E-state index is 0.117. The van der Waals surface area contributed by atoms with Crippen molar-refractivity contribution >= 4 is 12.1 Å². The minimum Gasteiger partial charge on any atom is -0.469 e. The zero-order valence-corrected chi connectivity index (χ0v) is 16.1. The van der Waals surface area contributed by atoms with E-state index in [1.807, 2.05) is 58.0 Å². The lowest BCUT2D eigenvalue weighted by atomic mass is 10.0. The Morgan fingerprint density at radius 3 is 2.32 bits per heavy atom. The molecule has 1 aromatic rings. The summed E-state index contributed by atoms with van der Waals surface area (Å²) < 4.78 is 10.3. The van der Waals surface area contributed by atoms with Crippen molar-refractivity contribution in [2.75, 3.05) is 13.7 Å². The molecule has 1 rings (SSSR count). The molecule has 1 atom stereocenters. The van der Waals surface area contributed by atoms with Gasteiger partial charge in [0.2, 0.25) is 0 Å². The van der Waals surface area contributed by atoms with Crippen LogP contribution in [-0.2, 0) is 20.8 Å². The summed E-state index contributed by atoms with van der Waals surface area (Å²) in [4.78, 5) is 25.6. The number of methoxy groups -OCH3 is 1. The van der Waals surface area contributed by atoms with E-state index < -0.39 is 5.60 Å². The van der Waals surface area contributed by atoms with E-state index in [2.05, 4.69) is 0 Å². The smallest absolute Gasteiger partial charge is 0.410 e. The number of ether oxygens (including phenoxy) is 2. The van der Waals surface area contributed by atoms with Crippen LogP contribution in [0.5, 0.6) is 0 Å². The molecule has 0 heterocycles. The summed E-state index contributed by atoms with van der Waals surface area (Å²) in [6.07, 6.45) is 2.11. The molecule has 140 valence electrons. The summed E-state index contributed by atoms with van der Waals surface area (Å²) in [7, 11) is 1.41. The third-order valence-corrected chi connectivity index (χ3v) is 3.79. The molecule has 0 radical (unpaired) electrons. The van der Waals surface area contributed by atoms with Crippen molar-refractivity contribution in [1.29, 1.82) is 0 Å². The van der Waals surface area contributed by atoms with E-state index in [0.717, 1.165) is 24.8 Å². The Kier molecular flexibility index (Phi) is 8.46. The normalized spacial score (nSPS) is 12.4. The maximum absolute atomic E-state index is 12.5. The minimum atomic E-state index is -0.522. The molecule has 0 aliphatic carbocycles. The first-order valence-electron chi connectivity index (χ1n) is 8.82. The standard InChI is InChI=1S/C20H31NO4/c1-16(18(22)24-5)11-9-10-14-21(19(23)25-20(2,3)4)15-17-12-7-6-8-13-17/h6-8,12-13,16H,9-11,14-15H2,1-5H3. The van der Waals surface area contributed by atoms with Crippen molar-refractivity contribution in [3.63, 3.8) is 0 Å². The molecule has 0 bridgehead atoms. The van der Waals surface area contributed by atoms with Crippen molar-refractivity contribution in [3.8, 4) is 0 Å². The number of nitrogens with zero attached hydrogens (tertiary/aromatic N) is 1. The molecule has 0 aliphatic rings.